The van der Waals surface area contributed by atoms with E-state index in [4.69, 9.17) is 0 Å². The molecule has 29 heavy (non-hydrogen) atoms. The van der Waals surface area contributed by atoms with Gasteiger partial charge in [-0.3, -0.25) is 9.52 Å². The van der Waals surface area contributed by atoms with Gasteiger partial charge in [0.25, 0.3) is 15.9 Å². The second-order valence-corrected chi connectivity index (χ2v) is 8.45. The fourth-order valence-corrected chi connectivity index (χ4v) is 3.94. The molecule has 0 aliphatic heterocycles. The van der Waals surface area contributed by atoms with Crippen LogP contribution in [-0.4, -0.2) is 19.4 Å². The van der Waals surface area contributed by atoms with Gasteiger partial charge in [-0.2, -0.15) is 0 Å². The average molecular weight is 410 g/mol. The van der Waals surface area contributed by atoms with E-state index in [0.717, 1.165) is 5.56 Å². The van der Waals surface area contributed by atoms with Crippen LogP contribution in [0.2, 0.25) is 0 Å². The molecule has 0 fully saturated rings. The van der Waals surface area contributed by atoms with Crippen molar-refractivity contribution in [1.29, 1.82) is 0 Å². The average Bonchev–Trinajstić information content (AvgIpc) is 2.67. The minimum atomic E-state index is -3.85. The van der Waals surface area contributed by atoms with Gasteiger partial charge in [-0.25, -0.2) is 8.42 Å². The first-order valence-electron chi connectivity index (χ1n) is 9.01. The van der Waals surface area contributed by atoms with Crippen LogP contribution in [-0.2, 0) is 16.6 Å². The molecule has 0 aliphatic rings. The van der Waals surface area contributed by atoms with E-state index in [0.29, 0.717) is 16.8 Å². The van der Waals surface area contributed by atoms with Crippen LogP contribution in [0.4, 0.5) is 5.69 Å². The highest BCUT2D eigenvalue weighted by Gasteiger charge is 2.18. The highest BCUT2D eigenvalue weighted by molar-refractivity contribution is 7.92. The van der Waals surface area contributed by atoms with E-state index >= 15 is 0 Å². The second-order valence-electron chi connectivity index (χ2n) is 6.76. The normalized spacial score (nSPS) is 11.1. The van der Waals surface area contributed by atoms with Gasteiger partial charge in [0.2, 0.25) is 0 Å². The van der Waals surface area contributed by atoms with Gasteiger partial charge < -0.3 is 10.4 Å². The van der Waals surface area contributed by atoms with Crippen LogP contribution < -0.4 is 10.0 Å². The number of carbonyl (C=O) groups is 1. The molecular formula is C22H22N2O4S. The Morgan fingerprint density at radius 1 is 0.966 bits per heavy atom. The molecule has 0 saturated heterocycles. The molecule has 0 aliphatic carbocycles. The molecule has 150 valence electrons. The summed E-state index contributed by atoms with van der Waals surface area (Å²) in [4.78, 5) is 12.6. The fraction of sp³-hybridized carbons (Fsp3) is 0.136. The number of phenolic OH excluding ortho intramolecular Hbond substituents is 1. The molecule has 7 heteroatoms. The van der Waals surface area contributed by atoms with Crippen molar-refractivity contribution in [1.82, 2.24) is 5.32 Å². The molecule has 3 aromatic carbocycles. The third kappa shape index (κ3) is 4.94. The number of anilines is 1. The molecule has 0 radical (unpaired) electrons. The molecule has 0 atom stereocenters. The van der Waals surface area contributed by atoms with Gasteiger partial charge in [0.15, 0.2) is 0 Å². The van der Waals surface area contributed by atoms with E-state index in [1.54, 1.807) is 49.4 Å². The van der Waals surface area contributed by atoms with Crippen molar-refractivity contribution in [3.8, 4) is 5.75 Å². The van der Waals surface area contributed by atoms with Crippen molar-refractivity contribution in [3.05, 3.63) is 89.0 Å². The summed E-state index contributed by atoms with van der Waals surface area (Å²) in [6.45, 7) is 3.74. The number of benzene rings is 3. The lowest BCUT2D eigenvalue weighted by atomic mass is 10.1. The Labute approximate surface area is 170 Å². The first kappa shape index (κ1) is 20.4. The number of amides is 1. The number of aryl methyl sites for hydroxylation is 2. The fourth-order valence-electron chi connectivity index (χ4n) is 2.87. The monoisotopic (exact) mass is 410 g/mol. The zero-order valence-electron chi connectivity index (χ0n) is 16.1. The Kier molecular flexibility index (Phi) is 5.89. The number of nitrogens with one attached hydrogen (secondary N) is 2. The predicted molar refractivity (Wildman–Crippen MR) is 112 cm³/mol. The maximum atomic E-state index is 12.7. The van der Waals surface area contributed by atoms with E-state index in [2.05, 4.69) is 10.0 Å². The molecule has 3 rings (SSSR count). The summed E-state index contributed by atoms with van der Waals surface area (Å²) >= 11 is 0. The van der Waals surface area contributed by atoms with Crippen LogP contribution >= 0.6 is 0 Å². The summed E-state index contributed by atoms with van der Waals surface area (Å²) < 4.78 is 28.0. The predicted octanol–water partition coefficient (Wildman–Crippen LogP) is 3.74. The van der Waals surface area contributed by atoms with Gasteiger partial charge >= 0.3 is 0 Å². The number of carbonyl (C=O) groups excluding carboxylic acids is 1. The number of hydrogen-bond donors (Lipinski definition) is 3. The van der Waals surface area contributed by atoms with Gasteiger partial charge in [0, 0.05) is 23.4 Å². The number of phenols is 1. The number of hydrogen-bond acceptors (Lipinski definition) is 4. The van der Waals surface area contributed by atoms with Crippen molar-refractivity contribution < 1.29 is 18.3 Å². The molecule has 0 bridgehead atoms. The maximum Gasteiger partial charge on any atom is 0.261 e. The molecule has 0 heterocycles. The second kappa shape index (κ2) is 8.36. The lowest BCUT2D eigenvalue weighted by molar-refractivity contribution is 0.0950. The molecule has 6 nitrogen and oxygen atoms in total. The van der Waals surface area contributed by atoms with Crippen molar-refractivity contribution in [2.75, 3.05) is 4.72 Å². The molecule has 0 spiro atoms. The summed E-state index contributed by atoms with van der Waals surface area (Å²) in [7, 11) is -3.85. The Morgan fingerprint density at radius 3 is 2.45 bits per heavy atom. The minimum absolute atomic E-state index is 0.00249. The molecule has 1 amide bonds. The van der Waals surface area contributed by atoms with E-state index in [9.17, 15) is 18.3 Å². The summed E-state index contributed by atoms with van der Waals surface area (Å²) in [5, 5.41) is 12.5. The van der Waals surface area contributed by atoms with Gasteiger partial charge in [0.1, 0.15) is 5.75 Å². The van der Waals surface area contributed by atoms with Gasteiger partial charge in [-0.05, 0) is 55.3 Å². The number of para-hydroxylation sites is 1. The van der Waals surface area contributed by atoms with Gasteiger partial charge in [-0.1, -0.05) is 36.4 Å². The van der Waals surface area contributed by atoms with Crippen LogP contribution in [0.15, 0.2) is 71.6 Å². The van der Waals surface area contributed by atoms with Crippen LogP contribution in [0, 0.1) is 13.8 Å². The Hall–Kier alpha value is -3.32. The van der Waals surface area contributed by atoms with Crippen LogP contribution in [0.3, 0.4) is 0 Å². The van der Waals surface area contributed by atoms with Gasteiger partial charge in [0.05, 0.1) is 4.90 Å². The lowest BCUT2D eigenvalue weighted by Gasteiger charge is -2.12. The van der Waals surface area contributed by atoms with E-state index < -0.39 is 15.9 Å². The number of rotatable bonds is 6. The van der Waals surface area contributed by atoms with E-state index in [1.165, 1.54) is 18.2 Å². The number of sulfonamides is 1. The Bertz CT molecular complexity index is 1160. The quantitative estimate of drug-likeness (QED) is 0.577. The molecule has 3 N–H and O–H groups in total. The molecule has 3 aromatic rings. The van der Waals surface area contributed by atoms with Crippen molar-refractivity contribution >= 4 is 21.6 Å². The molecule has 0 saturated carbocycles. The van der Waals surface area contributed by atoms with Crippen LogP contribution in [0.25, 0.3) is 0 Å². The summed E-state index contributed by atoms with van der Waals surface area (Å²) in [6, 6.07) is 18.1. The molecular weight excluding hydrogens is 388 g/mol. The number of aromatic hydroxyl groups is 1. The third-order valence-electron chi connectivity index (χ3n) is 4.47. The smallest absolute Gasteiger partial charge is 0.261 e. The zero-order chi connectivity index (χ0) is 21.0. The topological polar surface area (TPSA) is 95.5 Å². The van der Waals surface area contributed by atoms with Crippen molar-refractivity contribution in [3.63, 3.8) is 0 Å². The SMILES string of the molecule is Cc1cccc(NS(=O)(=O)c2ccc(C)c(C(=O)NCc3ccccc3O)c2)c1. The first-order chi connectivity index (χ1) is 13.8. The van der Waals surface area contributed by atoms with Crippen molar-refractivity contribution in [2.45, 2.75) is 25.3 Å². The molecule has 0 unspecified atom stereocenters. The highest BCUT2D eigenvalue weighted by atomic mass is 32.2. The maximum absolute atomic E-state index is 12.7. The Morgan fingerprint density at radius 2 is 1.72 bits per heavy atom. The summed E-state index contributed by atoms with van der Waals surface area (Å²) in [5.41, 5.74) is 2.86. The highest BCUT2D eigenvalue weighted by Crippen LogP contribution is 2.21. The van der Waals surface area contributed by atoms with E-state index in [-0.39, 0.29) is 22.8 Å². The Balaban J connectivity index is 1.81. The summed E-state index contributed by atoms with van der Waals surface area (Å²) in [6.07, 6.45) is 0. The van der Waals surface area contributed by atoms with Crippen molar-refractivity contribution in [2.24, 2.45) is 0 Å². The lowest BCUT2D eigenvalue weighted by Crippen LogP contribution is -2.24. The largest absolute Gasteiger partial charge is 0.508 e. The zero-order valence-corrected chi connectivity index (χ0v) is 17.0. The molecule has 0 aromatic heterocycles. The van der Waals surface area contributed by atoms with Gasteiger partial charge in [-0.15, -0.1) is 0 Å². The van der Waals surface area contributed by atoms with Crippen LogP contribution in [0.5, 0.6) is 5.75 Å². The van der Waals surface area contributed by atoms with Crippen LogP contribution in [0.1, 0.15) is 27.0 Å². The van der Waals surface area contributed by atoms with E-state index in [1.807, 2.05) is 13.0 Å². The third-order valence-corrected chi connectivity index (χ3v) is 5.84. The first-order valence-corrected chi connectivity index (χ1v) is 10.5. The summed E-state index contributed by atoms with van der Waals surface area (Å²) in [5.74, 6) is -0.332. The minimum Gasteiger partial charge on any atom is -0.508 e. The standard InChI is InChI=1S/C22H22N2O4S/c1-15-6-5-8-18(12-15)24-29(27,28)19-11-10-16(2)20(13-19)22(26)23-14-17-7-3-4-9-21(17)25/h3-13,24-25H,14H2,1-2H3,(H,23,26).